The summed E-state index contributed by atoms with van der Waals surface area (Å²) in [6, 6.07) is 7.17. The van der Waals surface area contributed by atoms with E-state index in [1.807, 2.05) is 19.1 Å². The van der Waals surface area contributed by atoms with Crippen LogP contribution in [0.1, 0.15) is 22.3 Å². The maximum atomic E-state index is 11.5. The van der Waals surface area contributed by atoms with E-state index in [1.165, 1.54) is 7.11 Å². The van der Waals surface area contributed by atoms with Crippen LogP contribution in [0.2, 0.25) is 0 Å². The van der Waals surface area contributed by atoms with Crippen molar-refractivity contribution in [2.24, 2.45) is 0 Å². The van der Waals surface area contributed by atoms with Gasteiger partial charge in [-0.05, 0) is 19.1 Å². The summed E-state index contributed by atoms with van der Waals surface area (Å²) in [7, 11) is 1.51. The maximum Gasteiger partial charge on any atom is 0.180 e. The topological polar surface area (TPSA) is 50.1 Å². The first kappa shape index (κ1) is 10.3. The van der Waals surface area contributed by atoms with Crippen LogP contribution in [0.25, 0.3) is 0 Å². The Hall–Kier alpha value is -1.82. The summed E-state index contributed by atoms with van der Waals surface area (Å²) in [4.78, 5) is 11.5. The molecule has 0 aliphatic heterocycles. The molecule has 0 fully saturated rings. The van der Waals surface area contributed by atoms with Crippen molar-refractivity contribution in [3.63, 3.8) is 0 Å². The van der Waals surface area contributed by atoms with Gasteiger partial charge in [0.1, 0.15) is 5.75 Å². The van der Waals surface area contributed by atoms with E-state index >= 15 is 0 Å². The van der Waals surface area contributed by atoms with Gasteiger partial charge in [-0.15, -0.1) is 0 Å². The monoisotopic (exact) mass is 189 g/mol. The van der Waals surface area contributed by atoms with Crippen LogP contribution >= 0.6 is 0 Å². The molecule has 0 amide bonds. The first-order valence-electron chi connectivity index (χ1n) is 4.24. The summed E-state index contributed by atoms with van der Waals surface area (Å²) < 4.78 is 5.04. The van der Waals surface area contributed by atoms with E-state index < -0.39 is 0 Å². The minimum absolute atomic E-state index is 0.111. The minimum atomic E-state index is -0.201. The number of Topliss-reactive ketones (excluding diaryl/α,β-unsaturated/α-hetero) is 1. The zero-order valence-corrected chi connectivity index (χ0v) is 8.20. The molecule has 3 heteroatoms. The van der Waals surface area contributed by atoms with Crippen LogP contribution in [-0.4, -0.2) is 12.9 Å². The van der Waals surface area contributed by atoms with Gasteiger partial charge in [-0.1, -0.05) is 11.6 Å². The highest BCUT2D eigenvalue weighted by atomic mass is 16.5. The van der Waals surface area contributed by atoms with Gasteiger partial charge in [0, 0.05) is 0 Å². The number of nitrogens with zero attached hydrogens (tertiary/aromatic N) is 1. The van der Waals surface area contributed by atoms with Crippen LogP contribution in [0.5, 0.6) is 5.75 Å². The third-order valence-corrected chi connectivity index (χ3v) is 1.90. The zero-order chi connectivity index (χ0) is 10.6. The Bertz CT molecular complexity index is 391. The molecule has 1 rings (SSSR count). The molecule has 14 heavy (non-hydrogen) atoms. The fraction of sp³-hybridized carbons (Fsp3) is 0.273. The van der Waals surface area contributed by atoms with Gasteiger partial charge in [-0.25, -0.2) is 0 Å². The third kappa shape index (κ3) is 2.11. The Morgan fingerprint density at radius 2 is 2.29 bits per heavy atom. The molecule has 0 unspecified atom stereocenters. The number of ether oxygens (including phenoxy) is 1. The number of benzene rings is 1. The third-order valence-electron chi connectivity index (χ3n) is 1.90. The van der Waals surface area contributed by atoms with E-state index in [0.717, 1.165) is 5.56 Å². The van der Waals surface area contributed by atoms with Crippen molar-refractivity contribution in [1.82, 2.24) is 0 Å². The average Bonchev–Trinajstić information content (AvgIpc) is 2.18. The van der Waals surface area contributed by atoms with E-state index in [1.54, 1.807) is 12.1 Å². The molecular weight excluding hydrogens is 178 g/mol. The normalized spacial score (nSPS) is 9.21. The summed E-state index contributed by atoms with van der Waals surface area (Å²) in [5.41, 5.74) is 1.46. The number of ketones is 1. The SMILES string of the molecule is COc1ccc(C)cc1C(=O)CC#N. The molecule has 0 saturated carbocycles. The van der Waals surface area contributed by atoms with Crippen molar-refractivity contribution in [3.8, 4) is 11.8 Å². The number of carbonyl (C=O) groups is 1. The molecule has 0 bridgehead atoms. The van der Waals surface area contributed by atoms with E-state index in [9.17, 15) is 4.79 Å². The lowest BCUT2D eigenvalue weighted by atomic mass is 10.1. The summed E-state index contributed by atoms with van der Waals surface area (Å²) in [5, 5.41) is 8.42. The predicted molar refractivity (Wildman–Crippen MR) is 52.3 cm³/mol. The molecule has 1 aromatic carbocycles. The Morgan fingerprint density at radius 3 is 2.86 bits per heavy atom. The lowest BCUT2D eigenvalue weighted by molar-refractivity contribution is 0.0994. The van der Waals surface area contributed by atoms with Gasteiger partial charge in [0.05, 0.1) is 25.2 Å². The van der Waals surface area contributed by atoms with E-state index in [0.29, 0.717) is 11.3 Å². The van der Waals surface area contributed by atoms with E-state index in [4.69, 9.17) is 10.00 Å². The van der Waals surface area contributed by atoms with Gasteiger partial charge in [-0.3, -0.25) is 4.79 Å². The molecule has 0 radical (unpaired) electrons. The highest BCUT2D eigenvalue weighted by Gasteiger charge is 2.11. The van der Waals surface area contributed by atoms with Crippen molar-refractivity contribution in [3.05, 3.63) is 29.3 Å². The number of aryl methyl sites for hydroxylation is 1. The zero-order valence-electron chi connectivity index (χ0n) is 8.20. The van der Waals surface area contributed by atoms with Crippen molar-refractivity contribution >= 4 is 5.78 Å². The molecule has 0 aliphatic rings. The molecule has 0 N–H and O–H groups in total. The van der Waals surface area contributed by atoms with Crippen molar-refractivity contribution in [2.75, 3.05) is 7.11 Å². The number of nitriles is 1. The molecule has 0 spiro atoms. The molecule has 1 aromatic rings. The number of hydrogen-bond acceptors (Lipinski definition) is 3. The second-order valence-corrected chi connectivity index (χ2v) is 2.96. The van der Waals surface area contributed by atoms with Crippen molar-refractivity contribution in [2.45, 2.75) is 13.3 Å². The smallest absolute Gasteiger partial charge is 0.180 e. The van der Waals surface area contributed by atoms with Gasteiger partial charge in [-0.2, -0.15) is 5.26 Å². The first-order valence-corrected chi connectivity index (χ1v) is 4.24. The second kappa shape index (κ2) is 4.43. The quantitative estimate of drug-likeness (QED) is 0.684. The largest absolute Gasteiger partial charge is 0.496 e. The number of carbonyl (C=O) groups excluding carboxylic acids is 1. The van der Waals surface area contributed by atoms with Crippen LogP contribution in [0, 0.1) is 18.3 Å². The van der Waals surface area contributed by atoms with E-state index in [2.05, 4.69) is 0 Å². The van der Waals surface area contributed by atoms with Crippen molar-refractivity contribution in [1.29, 1.82) is 5.26 Å². The molecule has 3 nitrogen and oxygen atoms in total. The molecule has 72 valence electrons. The van der Waals surface area contributed by atoms with Gasteiger partial charge in [0.2, 0.25) is 0 Å². The van der Waals surface area contributed by atoms with Crippen molar-refractivity contribution < 1.29 is 9.53 Å². The molecule has 0 heterocycles. The number of rotatable bonds is 3. The summed E-state index contributed by atoms with van der Waals surface area (Å²) >= 11 is 0. The highest BCUT2D eigenvalue weighted by Crippen LogP contribution is 2.20. The number of methoxy groups -OCH3 is 1. The Kier molecular flexibility index (Phi) is 3.24. The Morgan fingerprint density at radius 1 is 1.57 bits per heavy atom. The average molecular weight is 189 g/mol. The lowest BCUT2D eigenvalue weighted by Gasteiger charge is -2.06. The van der Waals surface area contributed by atoms with Gasteiger partial charge in [0.15, 0.2) is 5.78 Å². The summed E-state index contributed by atoms with van der Waals surface area (Å²) in [6.45, 7) is 1.89. The van der Waals surface area contributed by atoms with Crippen LogP contribution in [0.4, 0.5) is 0 Å². The van der Waals surface area contributed by atoms with Gasteiger partial charge < -0.3 is 4.74 Å². The maximum absolute atomic E-state index is 11.5. The Balaban J connectivity index is 3.11. The fourth-order valence-corrected chi connectivity index (χ4v) is 1.21. The second-order valence-electron chi connectivity index (χ2n) is 2.96. The Labute approximate surface area is 82.9 Å². The van der Waals surface area contributed by atoms with Crippen LogP contribution in [0.3, 0.4) is 0 Å². The van der Waals surface area contributed by atoms with Crippen LogP contribution in [0.15, 0.2) is 18.2 Å². The highest BCUT2D eigenvalue weighted by molar-refractivity contribution is 6.00. The molecule has 0 aliphatic carbocycles. The summed E-state index contributed by atoms with van der Waals surface area (Å²) in [5.74, 6) is 0.323. The predicted octanol–water partition coefficient (Wildman–Crippen LogP) is 2.10. The molecule has 0 aromatic heterocycles. The molecular formula is C11H11NO2. The number of hydrogen-bond donors (Lipinski definition) is 0. The lowest BCUT2D eigenvalue weighted by Crippen LogP contribution is -2.01. The van der Waals surface area contributed by atoms with Crippen LogP contribution in [-0.2, 0) is 0 Å². The molecule has 0 saturated heterocycles. The van der Waals surface area contributed by atoms with Crippen LogP contribution < -0.4 is 4.74 Å². The van der Waals surface area contributed by atoms with Gasteiger partial charge >= 0.3 is 0 Å². The summed E-state index contributed by atoms with van der Waals surface area (Å²) in [6.07, 6.45) is -0.111. The standard InChI is InChI=1S/C11H11NO2/c1-8-3-4-11(14-2)9(7-8)10(13)5-6-12/h3-4,7H,5H2,1-2H3. The minimum Gasteiger partial charge on any atom is -0.496 e. The fourth-order valence-electron chi connectivity index (χ4n) is 1.21. The van der Waals surface area contributed by atoms with E-state index in [-0.39, 0.29) is 12.2 Å². The van der Waals surface area contributed by atoms with Gasteiger partial charge in [0.25, 0.3) is 0 Å². The molecule has 0 atom stereocenters. The first-order chi connectivity index (χ1) is 6.69.